The summed E-state index contributed by atoms with van der Waals surface area (Å²) in [7, 11) is -0.825. The molecule has 22 heavy (non-hydrogen) atoms. The van der Waals surface area contributed by atoms with Crippen LogP contribution in [-0.4, -0.2) is 35.6 Å². The van der Waals surface area contributed by atoms with E-state index in [4.69, 9.17) is 14.0 Å². The minimum atomic E-state index is -4.47. The molecule has 1 fully saturated rings. The van der Waals surface area contributed by atoms with Gasteiger partial charge in [0.2, 0.25) is 5.88 Å². The van der Waals surface area contributed by atoms with Crippen LogP contribution in [0.3, 0.4) is 0 Å². The summed E-state index contributed by atoms with van der Waals surface area (Å²) in [6.07, 6.45) is -5.07. The topological polar surface area (TPSA) is 40.6 Å². The Morgan fingerprint density at radius 3 is 2.23 bits per heavy atom. The first kappa shape index (κ1) is 17.1. The van der Waals surface area contributed by atoms with Gasteiger partial charge in [-0.2, -0.15) is 13.2 Å². The van der Waals surface area contributed by atoms with Gasteiger partial charge in [0, 0.05) is 11.7 Å². The maximum Gasteiger partial charge on any atom is 0.500 e. The lowest BCUT2D eigenvalue weighted by atomic mass is 9.80. The SMILES string of the molecule is CC(Oc1ncccc1B1OC(C)(C)C(C)(C)O1)C(F)(F)F. The van der Waals surface area contributed by atoms with Crippen LogP contribution in [0.2, 0.25) is 0 Å². The zero-order valence-corrected chi connectivity index (χ0v) is 13.2. The Hall–Kier alpha value is -1.28. The molecule has 0 aromatic carbocycles. The van der Waals surface area contributed by atoms with Gasteiger partial charge in [-0.25, -0.2) is 4.98 Å². The predicted octanol–water partition coefficient (Wildman–Crippen LogP) is 2.71. The molecule has 0 amide bonds. The lowest BCUT2D eigenvalue weighted by Crippen LogP contribution is -2.41. The number of hydrogen-bond acceptors (Lipinski definition) is 4. The van der Waals surface area contributed by atoms with Crippen molar-refractivity contribution in [3.05, 3.63) is 18.3 Å². The van der Waals surface area contributed by atoms with E-state index in [1.54, 1.807) is 12.1 Å². The summed E-state index contributed by atoms with van der Waals surface area (Å²) in [4.78, 5) is 3.89. The number of nitrogens with zero attached hydrogens (tertiary/aromatic N) is 1. The molecule has 4 nitrogen and oxygen atoms in total. The molecule has 0 N–H and O–H groups in total. The third-order valence-electron chi connectivity index (χ3n) is 4.06. The van der Waals surface area contributed by atoms with E-state index in [0.29, 0.717) is 5.46 Å². The number of hydrogen-bond donors (Lipinski definition) is 0. The molecule has 1 atom stereocenters. The third kappa shape index (κ3) is 3.22. The van der Waals surface area contributed by atoms with E-state index in [2.05, 4.69) is 4.98 Å². The monoisotopic (exact) mass is 317 g/mol. The van der Waals surface area contributed by atoms with Gasteiger partial charge < -0.3 is 14.0 Å². The van der Waals surface area contributed by atoms with Crippen molar-refractivity contribution in [1.82, 2.24) is 4.98 Å². The van der Waals surface area contributed by atoms with E-state index in [9.17, 15) is 13.2 Å². The Balaban J connectivity index is 2.27. The van der Waals surface area contributed by atoms with E-state index in [-0.39, 0.29) is 5.88 Å². The molecule has 1 unspecified atom stereocenters. The van der Waals surface area contributed by atoms with Crippen LogP contribution in [0.4, 0.5) is 13.2 Å². The van der Waals surface area contributed by atoms with Gasteiger partial charge in [0.1, 0.15) is 0 Å². The molecule has 1 aromatic heterocycles. The van der Waals surface area contributed by atoms with Crippen LogP contribution in [0.15, 0.2) is 18.3 Å². The number of rotatable bonds is 3. The molecule has 0 spiro atoms. The lowest BCUT2D eigenvalue weighted by molar-refractivity contribution is -0.189. The summed E-state index contributed by atoms with van der Waals surface area (Å²) in [6.45, 7) is 8.39. The van der Waals surface area contributed by atoms with Crippen molar-refractivity contribution in [2.75, 3.05) is 0 Å². The molecular weight excluding hydrogens is 298 g/mol. The highest BCUT2D eigenvalue weighted by Gasteiger charge is 2.53. The smallest absolute Gasteiger partial charge is 0.465 e. The Morgan fingerprint density at radius 2 is 1.73 bits per heavy atom. The standard InChI is InChI=1S/C14H19BF3NO3/c1-9(14(16,17)18)20-11-10(7-6-8-19-11)15-21-12(2,3)13(4,5)22-15/h6-9H,1-5H3. The second kappa shape index (κ2) is 5.42. The molecule has 0 aliphatic carbocycles. The maximum absolute atomic E-state index is 12.7. The number of halogens is 3. The summed E-state index contributed by atoms with van der Waals surface area (Å²) >= 11 is 0. The Kier molecular flexibility index (Phi) is 4.21. The normalized spacial score (nSPS) is 21.7. The molecule has 122 valence electrons. The second-order valence-corrected chi connectivity index (χ2v) is 6.29. The third-order valence-corrected chi connectivity index (χ3v) is 4.06. The highest BCUT2D eigenvalue weighted by Crippen LogP contribution is 2.37. The van der Waals surface area contributed by atoms with Gasteiger partial charge in [0.05, 0.1) is 11.2 Å². The molecule has 2 heterocycles. The number of pyridine rings is 1. The van der Waals surface area contributed by atoms with Gasteiger partial charge in [-0.05, 0) is 40.7 Å². The van der Waals surface area contributed by atoms with E-state index in [1.807, 2.05) is 27.7 Å². The first-order valence-electron chi connectivity index (χ1n) is 6.98. The van der Waals surface area contributed by atoms with Gasteiger partial charge in [0.25, 0.3) is 0 Å². The maximum atomic E-state index is 12.7. The van der Waals surface area contributed by atoms with E-state index >= 15 is 0 Å². The summed E-state index contributed by atoms with van der Waals surface area (Å²) in [5, 5.41) is 0. The summed E-state index contributed by atoms with van der Waals surface area (Å²) in [5.74, 6) is -0.133. The van der Waals surface area contributed by atoms with Crippen LogP contribution in [0.1, 0.15) is 34.6 Å². The first-order valence-corrected chi connectivity index (χ1v) is 6.98. The van der Waals surface area contributed by atoms with Crippen molar-refractivity contribution in [1.29, 1.82) is 0 Å². The van der Waals surface area contributed by atoms with Gasteiger partial charge in [0.15, 0.2) is 6.10 Å². The Labute approximate surface area is 128 Å². The molecule has 1 aromatic rings. The first-order chi connectivity index (χ1) is 9.94. The quantitative estimate of drug-likeness (QED) is 0.804. The zero-order chi connectivity index (χ0) is 16.8. The molecule has 2 rings (SSSR count). The fourth-order valence-corrected chi connectivity index (χ4v) is 1.89. The molecular formula is C14H19BF3NO3. The number of ether oxygens (including phenoxy) is 1. The highest BCUT2D eigenvalue weighted by molar-refractivity contribution is 6.63. The highest BCUT2D eigenvalue weighted by atomic mass is 19.4. The van der Waals surface area contributed by atoms with E-state index in [1.165, 1.54) is 6.20 Å². The van der Waals surface area contributed by atoms with Crippen LogP contribution < -0.4 is 10.2 Å². The minimum absolute atomic E-state index is 0.133. The molecule has 8 heteroatoms. The molecule has 1 saturated heterocycles. The van der Waals surface area contributed by atoms with Crippen molar-refractivity contribution < 1.29 is 27.2 Å². The van der Waals surface area contributed by atoms with E-state index < -0.39 is 30.6 Å². The van der Waals surface area contributed by atoms with Crippen molar-refractivity contribution in [2.45, 2.75) is 58.1 Å². The van der Waals surface area contributed by atoms with Crippen molar-refractivity contribution in [3.8, 4) is 5.88 Å². The molecule has 1 aliphatic heterocycles. The minimum Gasteiger partial charge on any atom is -0.465 e. The molecule has 1 aliphatic rings. The van der Waals surface area contributed by atoms with Gasteiger partial charge >= 0.3 is 13.3 Å². The van der Waals surface area contributed by atoms with Crippen LogP contribution in [-0.2, 0) is 9.31 Å². The van der Waals surface area contributed by atoms with Crippen LogP contribution in [0.5, 0.6) is 5.88 Å². The zero-order valence-electron chi connectivity index (χ0n) is 13.2. The summed E-state index contributed by atoms with van der Waals surface area (Å²) in [6, 6.07) is 3.19. The van der Waals surface area contributed by atoms with Gasteiger partial charge in [-0.15, -0.1) is 0 Å². The Bertz CT molecular complexity index is 532. The van der Waals surface area contributed by atoms with E-state index in [0.717, 1.165) is 6.92 Å². The predicted molar refractivity (Wildman–Crippen MR) is 76.1 cm³/mol. The fraction of sp³-hybridized carbons (Fsp3) is 0.643. The molecule has 0 saturated carbocycles. The van der Waals surface area contributed by atoms with Gasteiger partial charge in [-0.1, -0.05) is 6.07 Å². The average molecular weight is 317 g/mol. The number of alkyl halides is 3. The van der Waals surface area contributed by atoms with Crippen LogP contribution in [0, 0.1) is 0 Å². The second-order valence-electron chi connectivity index (χ2n) is 6.29. The largest absolute Gasteiger partial charge is 0.500 e. The average Bonchev–Trinajstić information content (AvgIpc) is 2.57. The summed E-state index contributed by atoms with van der Waals surface area (Å²) < 4.78 is 54.7. The fourth-order valence-electron chi connectivity index (χ4n) is 1.89. The van der Waals surface area contributed by atoms with Crippen LogP contribution in [0.25, 0.3) is 0 Å². The summed E-state index contributed by atoms with van der Waals surface area (Å²) in [5.41, 5.74) is -0.849. The van der Waals surface area contributed by atoms with Gasteiger partial charge in [-0.3, -0.25) is 0 Å². The van der Waals surface area contributed by atoms with Crippen molar-refractivity contribution in [3.63, 3.8) is 0 Å². The van der Waals surface area contributed by atoms with Crippen LogP contribution >= 0.6 is 0 Å². The lowest BCUT2D eigenvalue weighted by Gasteiger charge is -2.32. The molecule has 0 bridgehead atoms. The Morgan fingerprint density at radius 1 is 1.18 bits per heavy atom. The molecule has 0 radical (unpaired) electrons. The van der Waals surface area contributed by atoms with Crippen molar-refractivity contribution >= 4 is 12.6 Å². The number of aromatic nitrogens is 1. The van der Waals surface area contributed by atoms with Crippen molar-refractivity contribution in [2.24, 2.45) is 0 Å².